The van der Waals surface area contributed by atoms with Crippen molar-refractivity contribution in [2.75, 3.05) is 11.9 Å². The number of carbonyl (C=O) groups is 2. The third-order valence-electron chi connectivity index (χ3n) is 3.53. The molecule has 5 nitrogen and oxygen atoms in total. The van der Waals surface area contributed by atoms with E-state index in [1.807, 2.05) is 13.8 Å². The maximum atomic E-state index is 12.4. The Morgan fingerprint density at radius 1 is 1.16 bits per heavy atom. The fourth-order valence-electron chi connectivity index (χ4n) is 2.36. The smallest absolute Gasteiger partial charge is 0.314 e. The van der Waals surface area contributed by atoms with E-state index in [2.05, 4.69) is 10.3 Å². The summed E-state index contributed by atoms with van der Waals surface area (Å²) >= 11 is 11.8. The number of aromatic nitrogens is 1. The zero-order chi connectivity index (χ0) is 18.4. The van der Waals surface area contributed by atoms with Gasteiger partial charge >= 0.3 is 5.97 Å². The van der Waals surface area contributed by atoms with E-state index in [4.69, 9.17) is 27.9 Å². The van der Waals surface area contributed by atoms with E-state index in [0.717, 1.165) is 5.56 Å². The summed E-state index contributed by atoms with van der Waals surface area (Å²) in [5.41, 5.74) is 1.16. The Morgan fingerprint density at radius 2 is 1.84 bits per heavy atom. The normalized spacial score (nSPS) is 11.9. The Bertz CT molecular complexity index is 748. The molecule has 1 aromatic carbocycles. The number of hydrogen-bond donors (Lipinski definition) is 1. The zero-order valence-corrected chi connectivity index (χ0v) is 15.3. The summed E-state index contributed by atoms with van der Waals surface area (Å²) in [5.74, 6) is -1.43. The van der Waals surface area contributed by atoms with Crippen LogP contribution in [0.5, 0.6) is 0 Å². The zero-order valence-electron chi connectivity index (χ0n) is 13.8. The number of pyridine rings is 1. The number of amides is 1. The predicted octanol–water partition coefficient (Wildman–Crippen LogP) is 4.31. The Morgan fingerprint density at radius 3 is 2.44 bits per heavy atom. The van der Waals surface area contributed by atoms with Crippen molar-refractivity contribution in [3.05, 3.63) is 58.3 Å². The lowest BCUT2D eigenvalue weighted by atomic mass is 9.88. The first-order valence-electron chi connectivity index (χ1n) is 7.71. The maximum Gasteiger partial charge on any atom is 0.314 e. The molecule has 0 saturated heterocycles. The van der Waals surface area contributed by atoms with Crippen molar-refractivity contribution in [2.45, 2.75) is 19.8 Å². The molecule has 132 valence electrons. The van der Waals surface area contributed by atoms with Gasteiger partial charge in [-0.15, -0.1) is 0 Å². The third-order valence-corrected chi connectivity index (χ3v) is 4.08. The lowest BCUT2D eigenvalue weighted by Crippen LogP contribution is -2.26. The molecular weight excluding hydrogens is 363 g/mol. The van der Waals surface area contributed by atoms with Crippen molar-refractivity contribution < 1.29 is 14.3 Å². The summed E-state index contributed by atoms with van der Waals surface area (Å²) < 4.78 is 5.18. The van der Waals surface area contributed by atoms with Gasteiger partial charge in [0.1, 0.15) is 0 Å². The lowest BCUT2D eigenvalue weighted by Gasteiger charge is -2.20. The van der Waals surface area contributed by atoms with Crippen molar-refractivity contribution in [3.63, 3.8) is 0 Å². The third kappa shape index (κ3) is 5.44. The van der Waals surface area contributed by atoms with Gasteiger partial charge in [-0.2, -0.15) is 0 Å². The Hall–Kier alpha value is -2.11. The molecule has 0 spiro atoms. The van der Waals surface area contributed by atoms with Gasteiger partial charge in [-0.3, -0.25) is 9.59 Å². The molecule has 25 heavy (non-hydrogen) atoms. The summed E-state index contributed by atoms with van der Waals surface area (Å²) in [6.45, 7) is 3.42. The van der Waals surface area contributed by atoms with Crippen LogP contribution in [0.25, 0.3) is 0 Å². The molecule has 0 fully saturated rings. The molecule has 0 unspecified atom stereocenters. The van der Waals surface area contributed by atoms with Crippen LogP contribution in [0, 0.1) is 5.92 Å². The molecule has 1 aromatic heterocycles. The highest BCUT2D eigenvalue weighted by Gasteiger charge is 2.26. The molecule has 0 radical (unpaired) electrons. The van der Waals surface area contributed by atoms with Gasteiger partial charge in [0.2, 0.25) is 0 Å². The average Bonchev–Trinajstić information content (AvgIpc) is 2.57. The maximum absolute atomic E-state index is 12.4. The molecule has 1 N–H and O–H groups in total. The van der Waals surface area contributed by atoms with Crippen LogP contribution >= 0.6 is 23.2 Å². The first kappa shape index (κ1) is 19.2. The van der Waals surface area contributed by atoms with Crippen molar-refractivity contribution in [1.82, 2.24) is 4.98 Å². The number of ether oxygens (including phenoxy) is 1. The van der Waals surface area contributed by atoms with E-state index < -0.39 is 24.4 Å². The van der Waals surface area contributed by atoms with Crippen molar-refractivity contribution >= 4 is 40.8 Å². The quantitative estimate of drug-likeness (QED) is 0.598. The summed E-state index contributed by atoms with van der Waals surface area (Å²) in [7, 11) is 0. The van der Waals surface area contributed by atoms with Crippen molar-refractivity contribution in [2.24, 2.45) is 5.92 Å². The molecule has 0 aliphatic heterocycles. The monoisotopic (exact) mass is 380 g/mol. The molecule has 2 aromatic rings. The summed E-state index contributed by atoms with van der Waals surface area (Å²) in [6, 6.07) is 10.3. The Balaban J connectivity index is 1.98. The van der Waals surface area contributed by atoms with Crippen LogP contribution in [-0.2, 0) is 14.3 Å². The van der Waals surface area contributed by atoms with Crippen LogP contribution in [0.1, 0.15) is 25.3 Å². The Labute approximate surface area is 156 Å². The van der Waals surface area contributed by atoms with E-state index in [1.165, 1.54) is 6.20 Å². The highest BCUT2D eigenvalue weighted by molar-refractivity contribution is 6.32. The lowest BCUT2D eigenvalue weighted by molar-refractivity contribution is -0.149. The van der Waals surface area contributed by atoms with Crippen LogP contribution in [0.15, 0.2) is 42.6 Å². The molecule has 0 saturated carbocycles. The number of nitrogens with zero attached hydrogens (tertiary/aromatic N) is 1. The molecule has 2 rings (SSSR count). The molecule has 7 heteroatoms. The highest BCUT2D eigenvalue weighted by atomic mass is 35.5. The largest absolute Gasteiger partial charge is 0.455 e. The summed E-state index contributed by atoms with van der Waals surface area (Å²) in [5, 5.41) is 3.31. The number of rotatable bonds is 6. The van der Waals surface area contributed by atoms with Crippen molar-refractivity contribution in [1.29, 1.82) is 0 Å². The van der Waals surface area contributed by atoms with E-state index >= 15 is 0 Å². The molecule has 1 atom stereocenters. The van der Waals surface area contributed by atoms with Gasteiger partial charge in [0.05, 0.1) is 11.6 Å². The van der Waals surface area contributed by atoms with Gasteiger partial charge in [-0.1, -0.05) is 49.2 Å². The van der Waals surface area contributed by atoms with Crippen LogP contribution < -0.4 is 5.32 Å². The SMILES string of the molecule is CC(C)[C@H](C(=O)OCC(=O)Nc1cccnc1Cl)c1ccc(Cl)cc1. The van der Waals surface area contributed by atoms with Gasteiger partial charge < -0.3 is 10.1 Å². The van der Waals surface area contributed by atoms with Gasteiger partial charge in [0.15, 0.2) is 11.8 Å². The van der Waals surface area contributed by atoms with E-state index in [1.54, 1.807) is 36.4 Å². The number of halogens is 2. The predicted molar refractivity (Wildman–Crippen MR) is 97.9 cm³/mol. The van der Waals surface area contributed by atoms with Gasteiger partial charge in [0.25, 0.3) is 5.91 Å². The van der Waals surface area contributed by atoms with Crippen LogP contribution in [0.3, 0.4) is 0 Å². The number of anilines is 1. The molecule has 0 bridgehead atoms. The van der Waals surface area contributed by atoms with Crippen LogP contribution in [0.2, 0.25) is 10.2 Å². The highest BCUT2D eigenvalue weighted by Crippen LogP contribution is 2.27. The summed E-state index contributed by atoms with van der Waals surface area (Å²) in [4.78, 5) is 28.2. The molecule has 0 aliphatic rings. The van der Waals surface area contributed by atoms with Gasteiger partial charge in [0, 0.05) is 11.2 Å². The second-order valence-electron chi connectivity index (χ2n) is 5.77. The van der Waals surface area contributed by atoms with Crippen LogP contribution in [-0.4, -0.2) is 23.5 Å². The minimum absolute atomic E-state index is 0.00417. The van der Waals surface area contributed by atoms with Crippen molar-refractivity contribution in [3.8, 4) is 0 Å². The van der Waals surface area contributed by atoms with Crippen LogP contribution in [0.4, 0.5) is 5.69 Å². The van der Waals surface area contributed by atoms with E-state index in [0.29, 0.717) is 10.7 Å². The average molecular weight is 381 g/mol. The first-order valence-corrected chi connectivity index (χ1v) is 8.46. The van der Waals surface area contributed by atoms with Gasteiger partial charge in [-0.25, -0.2) is 4.98 Å². The standard InChI is InChI=1S/C18H18Cl2N2O3/c1-11(2)16(12-5-7-13(19)8-6-12)18(24)25-10-15(23)22-14-4-3-9-21-17(14)20/h3-9,11,16H,10H2,1-2H3,(H,22,23)/t16-/m0/s1. The summed E-state index contributed by atoms with van der Waals surface area (Å²) in [6.07, 6.45) is 1.51. The fraction of sp³-hybridized carbons (Fsp3) is 0.278. The Kier molecular flexibility index (Phi) is 6.79. The number of hydrogen-bond acceptors (Lipinski definition) is 4. The second-order valence-corrected chi connectivity index (χ2v) is 6.57. The fourth-order valence-corrected chi connectivity index (χ4v) is 2.65. The minimum atomic E-state index is -0.484. The van der Waals surface area contributed by atoms with E-state index in [9.17, 15) is 9.59 Å². The van der Waals surface area contributed by atoms with Gasteiger partial charge in [-0.05, 0) is 35.7 Å². The second kappa shape index (κ2) is 8.83. The number of benzene rings is 1. The number of nitrogens with one attached hydrogen (secondary N) is 1. The molecule has 1 amide bonds. The molecule has 1 heterocycles. The minimum Gasteiger partial charge on any atom is -0.455 e. The molecular formula is C18H18Cl2N2O3. The number of esters is 1. The number of carbonyl (C=O) groups excluding carboxylic acids is 2. The molecule has 0 aliphatic carbocycles. The first-order chi connectivity index (χ1) is 11.9. The topological polar surface area (TPSA) is 68.3 Å². The van der Waals surface area contributed by atoms with E-state index in [-0.39, 0.29) is 11.1 Å².